The van der Waals surface area contributed by atoms with Crippen LogP contribution in [0, 0.1) is 17.0 Å². The van der Waals surface area contributed by atoms with Crippen molar-refractivity contribution in [2.45, 2.75) is 26.3 Å². The minimum atomic E-state index is -0.672. The lowest BCUT2D eigenvalue weighted by molar-refractivity contribution is -0.384. The van der Waals surface area contributed by atoms with Crippen molar-refractivity contribution in [3.63, 3.8) is 0 Å². The van der Waals surface area contributed by atoms with E-state index in [0.717, 1.165) is 5.39 Å². The van der Waals surface area contributed by atoms with Crippen LogP contribution in [0.2, 0.25) is 0 Å². The number of hydrogen-bond donors (Lipinski definition) is 2. The second-order valence-corrected chi connectivity index (χ2v) is 7.09. The van der Waals surface area contributed by atoms with Crippen LogP contribution < -0.4 is 16.6 Å². The van der Waals surface area contributed by atoms with Gasteiger partial charge in [0.2, 0.25) is 5.91 Å². The molecule has 32 heavy (non-hydrogen) atoms. The van der Waals surface area contributed by atoms with E-state index in [2.05, 4.69) is 10.9 Å². The van der Waals surface area contributed by atoms with E-state index in [1.165, 1.54) is 22.8 Å². The number of aryl methyl sites for hydroxylation is 2. The maximum Gasteiger partial charge on any atom is 0.419 e. The van der Waals surface area contributed by atoms with Gasteiger partial charge in [0.05, 0.1) is 16.5 Å². The molecule has 0 spiro atoms. The number of hydrogen-bond acceptors (Lipinski definition) is 7. The molecular weight excluding hydrogens is 420 g/mol. The van der Waals surface area contributed by atoms with Gasteiger partial charge in [0, 0.05) is 30.0 Å². The molecule has 4 rings (SSSR count). The number of carbonyl (C=O) groups is 2. The smallest absolute Gasteiger partial charge is 0.419 e. The average molecular weight is 438 g/mol. The second kappa shape index (κ2) is 8.38. The molecule has 0 saturated carbocycles. The minimum absolute atomic E-state index is 0.0193. The maximum absolute atomic E-state index is 12.3. The van der Waals surface area contributed by atoms with E-state index in [4.69, 9.17) is 8.83 Å². The predicted octanol–water partition coefficient (Wildman–Crippen LogP) is 2.80. The number of aromatic nitrogens is 1. The highest BCUT2D eigenvalue weighted by molar-refractivity contribution is 5.99. The summed E-state index contributed by atoms with van der Waals surface area (Å²) in [5.74, 6) is -1.60. The normalized spacial score (nSPS) is 11.0. The van der Waals surface area contributed by atoms with Gasteiger partial charge < -0.3 is 8.83 Å². The van der Waals surface area contributed by atoms with Crippen LogP contribution in [0.1, 0.15) is 29.0 Å². The van der Waals surface area contributed by atoms with Crippen molar-refractivity contribution in [2.24, 2.45) is 0 Å². The van der Waals surface area contributed by atoms with E-state index in [1.54, 1.807) is 19.1 Å². The monoisotopic (exact) mass is 438 g/mol. The van der Waals surface area contributed by atoms with Crippen LogP contribution in [0.25, 0.3) is 22.1 Å². The zero-order chi connectivity index (χ0) is 22.8. The fourth-order valence-corrected chi connectivity index (χ4v) is 3.41. The number of amides is 2. The van der Waals surface area contributed by atoms with E-state index >= 15 is 0 Å². The number of nitrogens with zero attached hydrogens (tertiary/aromatic N) is 2. The molecule has 0 unspecified atom stereocenters. The summed E-state index contributed by atoms with van der Waals surface area (Å²) in [6.07, 6.45) is 0.294. The van der Waals surface area contributed by atoms with E-state index < -0.39 is 22.5 Å². The SMILES string of the molecule is Cc1c(C(=O)NNC(=O)CCCn2c(=O)oc3cc([N+](=O)[O-])ccc32)oc2ccccc12. The van der Waals surface area contributed by atoms with Crippen molar-refractivity contribution >= 4 is 39.6 Å². The van der Waals surface area contributed by atoms with Gasteiger partial charge in [-0.2, -0.15) is 0 Å². The largest absolute Gasteiger partial charge is 0.451 e. The molecule has 164 valence electrons. The first-order valence-corrected chi connectivity index (χ1v) is 9.70. The molecule has 11 nitrogen and oxygen atoms in total. The summed E-state index contributed by atoms with van der Waals surface area (Å²) in [5, 5.41) is 11.7. The van der Waals surface area contributed by atoms with E-state index in [0.29, 0.717) is 16.7 Å². The van der Waals surface area contributed by atoms with Gasteiger partial charge >= 0.3 is 11.7 Å². The van der Waals surface area contributed by atoms with Gasteiger partial charge in [0.15, 0.2) is 11.3 Å². The van der Waals surface area contributed by atoms with Crippen molar-refractivity contribution in [3.05, 3.63) is 74.5 Å². The number of fused-ring (bicyclic) bond motifs is 2. The van der Waals surface area contributed by atoms with Gasteiger partial charge in [-0.05, 0) is 25.5 Å². The Bertz CT molecular complexity index is 1410. The van der Waals surface area contributed by atoms with Gasteiger partial charge in [0.25, 0.3) is 5.69 Å². The molecule has 2 amide bonds. The molecular formula is C21H18N4O7. The number of furan rings is 1. The Balaban J connectivity index is 1.33. The molecule has 0 radical (unpaired) electrons. The molecule has 0 atom stereocenters. The first kappa shape index (κ1) is 20.8. The Kier molecular flexibility index (Phi) is 5.46. The summed E-state index contributed by atoms with van der Waals surface area (Å²) in [7, 11) is 0. The summed E-state index contributed by atoms with van der Waals surface area (Å²) in [6, 6.07) is 11.1. The molecule has 2 aromatic carbocycles. The number of rotatable bonds is 6. The number of oxazole rings is 1. The van der Waals surface area contributed by atoms with Gasteiger partial charge in [-0.25, -0.2) is 4.79 Å². The number of benzene rings is 2. The third kappa shape index (κ3) is 3.95. The number of nitro groups is 1. The first-order valence-electron chi connectivity index (χ1n) is 9.70. The van der Waals surface area contributed by atoms with Crippen molar-refractivity contribution < 1.29 is 23.3 Å². The molecule has 0 aliphatic heterocycles. The topological polar surface area (TPSA) is 150 Å². The number of nitrogens with one attached hydrogen (secondary N) is 2. The molecule has 11 heteroatoms. The average Bonchev–Trinajstić information content (AvgIpc) is 3.28. The van der Waals surface area contributed by atoms with Crippen LogP contribution in [-0.4, -0.2) is 21.3 Å². The third-order valence-corrected chi connectivity index (χ3v) is 5.01. The highest BCUT2D eigenvalue weighted by Gasteiger charge is 2.18. The van der Waals surface area contributed by atoms with Crippen LogP contribution >= 0.6 is 0 Å². The van der Waals surface area contributed by atoms with E-state index in [1.807, 2.05) is 12.1 Å². The third-order valence-electron chi connectivity index (χ3n) is 5.01. The van der Waals surface area contributed by atoms with Crippen molar-refractivity contribution in [2.75, 3.05) is 0 Å². The second-order valence-electron chi connectivity index (χ2n) is 7.09. The van der Waals surface area contributed by atoms with Gasteiger partial charge in [-0.3, -0.25) is 35.1 Å². The fraction of sp³-hybridized carbons (Fsp3) is 0.190. The molecule has 0 aliphatic rings. The lowest BCUT2D eigenvalue weighted by atomic mass is 10.1. The quantitative estimate of drug-likeness (QED) is 0.347. The summed E-state index contributed by atoms with van der Waals surface area (Å²) >= 11 is 0. The fourth-order valence-electron chi connectivity index (χ4n) is 3.41. The maximum atomic E-state index is 12.3. The molecule has 0 bridgehead atoms. The van der Waals surface area contributed by atoms with Crippen molar-refractivity contribution in [1.82, 2.24) is 15.4 Å². The number of nitro benzene ring substituents is 1. The highest BCUT2D eigenvalue weighted by Crippen LogP contribution is 2.24. The molecule has 4 aromatic rings. The molecule has 2 N–H and O–H groups in total. The summed E-state index contributed by atoms with van der Waals surface area (Å²) in [4.78, 5) is 46.7. The van der Waals surface area contributed by atoms with Crippen LogP contribution in [0.5, 0.6) is 0 Å². The van der Waals surface area contributed by atoms with Gasteiger partial charge in [-0.1, -0.05) is 18.2 Å². The molecule has 2 aromatic heterocycles. The molecule has 0 aliphatic carbocycles. The highest BCUT2D eigenvalue weighted by atomic mass is 16.6. The zero-order valence-corrected chi connectivity index (χ0v) is 16.9. The lowest BCUT2D eigenvalue weighted by Crippen LogP contribution is -2.41. The Hall–Kier alpha value is -4.41. The lowest BCUT2D eigenvalue weighted by Gasteiger charge is -2.07. The van der Waals surface area contributed by atoms with E-state index in [-0.39, 0.29) is 36.4 Å². The molecule has 2 heterocycles. The zero-order valence-electron chi connectivity index (χ0n) is 16.9. The first-order chi connectivity index (χ1) is 15.3. The molecule has 0 saturated heterocycles. The van der Waals surface area contributed by atoms with Gasteiger partial charge in [-0.15, -0.1) is 0 Å². The van der Waals surface area contributed by atoms with Crippen LogP contribution in [-0.2, 0) is 11.3 Å². The Morgan fingerprint density at radius 3 is 2.62 bits per heavy atom. The van der Waals surface area contributed by atoms with Crippen LogP contribution in [0.15, 0.2) is 56.1 Å². The standard InChI is InChI=1S/C21H18N4O7/c1-12-14-5-2-3-6-16(14)31-19(12)20(27)23-22-18(26)7-4-10-24-15-9-8-13(25(29)30)11-17(15)32-21(24)28/h2-3,5-6,8-9,11H,4,7,10H2,1H3,(H,22,26)(H,23,27). The number of para-hydroxylation sites is 1. The predicted molar refractivity (Wildman–Crippen MR) is 113 cm³/mol. The van der Waals surface area contributed by atoms with Gasteiger partial charge in [0.1, 0.15) is 5.58 Å². The van der Waals surface area contributed by atoms with Crippen molar-refractivity contribution in [1.29, 1.82) is 0 Å². The van der Waals surface area contributed by atoms with E-state index in [9.17, 15) is 24.5 Å². The Labute approximate surface area is 179 Å². The molecule has 0 fully saturated rings. The summed E-state index contributed by atoms with van der Waals surface area (Å²) < 4.78 is 11.9. The number of carbonyl (C=O) groups excluding carboxylic acids is 2. The summed E-state index contributed by atoms with van der Waals surface area (Å²) in [5.41, 5.74) is 6.19. The van der Waals surface area contributed by atoms with Crippen LogP contribution in [0.3, 0.4) is 0 Å². The van der Waals surface area contributed by atoms with Crippen molar-refractivity contribution in [3.8, 4) is 0 Å². The number of non-ortho nitro benzene ring substituents is 1. The Morgan fingerprint density at radius 2 is 1.88 bits per heavy atom. The number of hydrazine groups is 1. The van der Waals surface area contributed by atoms with Crippen LogP contribution in [0.4, 0.5) is 5.69 Å². The summed E-state index contributed by atoms with van der Waals surface area (Å²) in [6.45, 7) is 1.91. The minimum Gasteiger partial charge on any atom is -0.451 e. The Morgan fingerprint density at radius 1 is 1.09 bits per heavy atom.